The van der Waals surface area contributed by atoms with Gasteiger partial charge in [0.2, 0.25) is 0 Å². The molecule has 2 N–H and O–H groups in total. The molecule has 1 unspecified atom stereocenters. The van der Waals surface area contributed by atoms with Gasteiger partial charge < -0.3 is 10.0 Å². The fraction of sp³-hybridized carbons (Fsp3) is 0.261. The number of benzene rings is 2. The fourth-order valence-electron chi connectivity index (χ4n) is 4.01. The smallest absolute Gasteiger partial charge is 0.264 e. The van der Waals surface area contributed by atoms with Gasteiger partial charge in [0.25, 0.3) is 5.91 Å². The topological polar surface area (TPSA) is 86.3 Å². The number of halogens is 1. The zero-order valence-electron chi connectivity index (χ0n) is 17.0. The number of H-pyrrole nitrogens is 1. The van der Waals surface area contributed by atoms with Crippen LogP contribution in [0.5, 0.6) is 0 Å². The van der Waals surface area contributed by atoms with Crippen molar-refractivity contribution in [2.75, 3.05) is 4.90 Å². The number of nitrogens with zero attached hydrogens (tertiary/aromatic N) is 2. The Morgan fingerprint density at radius 2 is 1.87 bits per heavy atom. The van der Waals surface area contributed by atoms with Crippen molar-refractivity contribution < 1.29 is 14.7 Å². The van der Waals surface area contributed by atoms with Crippen molar-refractivity contribution in [3.63, 3.8) is 0 Å². The van der Waals surface area contributed by atoms with Crippen LogP contribution >= 0.6 is 11.6 Å². The zero-order valence-corrected chi connectivity index (χ0v) is 17.7. The number of amides is 1. The lowest BCUT2D eigenvalue weighted by Crippen LogP contribution is -2.41. The van der Waals surface area contributed by atoms with Gasteiger partial charge in [-0.15, -0.1) is 0 Å². The Balaban J connectivity index is 1.73. The number of rotatable bonds is 5. The number of fused-ring (bicyclic) bond motifs is 1. The monoisotopic (exact) mass is 423 g/mol. The molecule has 0 saturated heterocycles. The number of aliphatic hydroxyl groups is 1. The zero-order chi connectivity index (χ0) is 21.6. The van der Waals surface area contributed by atoms with Crippen molar-refractivity contribution in [2.24, 2.45) is 0 Å². The van der Waals surface area contributed by atoms with E-state index in [-0.39, 0.29) is 18.7 Å². The summed E-state index contributed by atoms with van der Waals surface area (Å²) in [4.78, 5) is 27.9. The van der Waals surface area contributed by atoms with Gasteiger partial charge in [-0.1, -0.05) is 41.4 Å². The highest BCUT2D eigenvalue weighted by atomic mass is 35.5. The standard InChI is InChI=1S/C23H22ClN3O3/c1-13-4-6-16(7-5-13)12-27-19-9-8-17(24)10-18(19)23(30,22(27)29)11-20(28)21-14(2)25-26-15(21)3/h4-10,30H,11-12H2,1-3H3,(H,25,26). The van der Waals surface area contributed by atoms with Crippen molar-refractivity contribution in [1.29, 1.82) is 0 Å². The molecule has 7 heteroatoms. The summed E-state index contributed by atoms with van der Waals surface area (Å²) in [6, 6.07) is 12.8. The predicted octanol–water partition coefficient (Wildman–Crippen LogP) is 4.00. The maximum absolute atomic E-state index is 13.4. The van der Waals surface area contributed by atoms with Crippen molar-refractivity contribution in [3.05, 3.63) is 81.1 Å². The van der Waals surface area contributed by atoms with Crippen LogP contribution in [0.15, 0.2) is 42.5 Å². The molecule has 0 radical (unpaired) electrons. The molecule has 30 heavy (non-hydrogen) atoms. The van der Waals surface area contributed by atoms with E-state index in [1.165, 1.54) is 4.90 Å². The summed E-state index contributed by atoms with van der Waals surface area (Å²) in [5.74, 6) is -0.884. The molecular weight excluding hydrogens is 402 g/mol. The number of aromatic nitrogens is 2. The number of carbonyl (C=O) groups is 2. The number of aryl methyl sites for hydroxylation is 3. The number of anilines is 1. The van der Waals surface area contributed by atoms with Crippen molar-refractivity contribution in [3.8, 4) is 0 Å². The van der Waals surface area contributed by atoms with E-state index in [0.29, 0.717) is 33.2 Å². The molecule has 1 aromatic heterocycles. The van der Waals surface area contributed by atoms with Gasteiger partial charge in [-0.05, 0) is 44.5 Å². The van der Waals surface area contributed by atoms with Gasteiger partial charge in [-0.3, -0.25) is 14.7 Å². The minimum absolute atomic E-state index is 0.286. The summed E-state index contributed by atoms with van der Waals surface area (Å²) in [6.45, 7) is 5.73. The third-order valence-corrected chi connectivity index (χ3v) is 5.81. The maximum Gasteiger partial charge on any atom is 0.264 e. The largest absolute Gasteiger partial charge is 0.375 e. The maximum atomic E-state index is 13.4. The number of carbonyl (C=O) groups excluding carboxylic acids is 2. The molecular formula is C23H22ClN3O3. The molecule has 1 atom stereocenters. The Labute approximate surface area is 179 Å². The highest BCUT2D eigenvalue weighted by Crippen LogP contribution is 2.45. The van der Waals surface area contributed by atoms with Gasteiger partial charge in [0.15, 0.2) is 11.4 Å². The Bertz CT molecular complexity index is 1130. The minimum Gasteiger partial charge on any atom is -0.375 e. The Morgan fingerprint density at radius 3 is 2.50 bits per heavy atom. The van der Waals surface area contributed by atoms with Gasteiger partial charge in [0.1, 0.15) is 0 Å². The third-order valence-electron chi connectivity index (χ3n) is 5.58. The van der Waals surface area contributed by atoms with Crippen molar-refractivity contribution in [1.82, 2.24) is 10.2 Å². The molecule has 4 rings (SSSR count). The second-order valence-electron chi connectivity index (χ2n) is 7.81. The molecule has 1 aliphatic rings. The summed E-state index contributed by atoms with van der Waals surface area (Å²) >= 11 is 6.17. The highest BCUT2D eigenvalue weighted by molar-refractivity contribution is 6.31. The van der Waals surface area contributed by atoms with Crippen LogP contribution < -0.4 is 4.90 Å². The average Bonchev–Trinajstić information content (AvgIpc) is 3.13. The molecule has 6 nitrogen and oxygen atoms in total. The van der Waals surface area contributed by atoms with E-state index in [4.69, 9.17) is 11.6 Å². The molecule has 0 bridgehead atoms. The van der Waals surface area contributed by atoms with Crippen LogP contribution in [0.2, 0.25) is 5.02 Å². The molecule has 0 saturated carbocycles. The van der Waals surface area contributed by atoms with Crippen LogP contribution in [0, 0.1) is 20.8 Å². The molecule has 154 valence electrons. The number of ketones is 1. The van der Waals surface area contributed by atoms with Crippen LogP contribution in [-0.4, -0.2) is 27.0 Å². The summed E-state index contributed by atoms with van der Waals surface area (Å²) in [5, 5.41) is 18.7. The summed E-state index contributed by atoms with van der Waals surface area (Å²) < 4.78 is 0. The van der Waals surface area contributed by atoms with Crippen LogP contribution in [0.1, 0.15) is 44.9 Å². The molecule has 0 spiro atoms. The summed E-state index contributed by atoms with van der Waals surface area (Å²) in [7, 11) is 0. The van der Waals surface area contributed by atoms with Crippen LogP contribution in [0.25, 0.3) is 0 Å². The minimum atomic E-state index is -1.99. The number of Topliss-reactive ketones (excluding diaryl/α,β-unsaturated/α-hetero) is 1. The third kappa shape index (κ3) is 3.32. The first-order valence-corrected chi connectivity index (χ1v) is 10.0. The van der Waals surface area contributed by atoms with E-state index in [1.807, 2.05) is 31.2 Å². The first-order valence-electron chi connectivity index (χ1n) is 9.65. The van der Waals surface area contributed by atoms with Gasteiger partial charge in [0, 0.05) is 16.3 Å². The lowest BCUT2D eigenvalue weighted by molar-refractivity contribution is -0.136. The number of aromatic amines is 1. The van der Waals surface area contributed by atoms with Gasteiger partial charge in [-0.25, -0.2) is 0 Å². The lowest BCUT2D eigenvalue weighted by Gasteiger charge is -2.23. The Kier molecular flexibility index (Phi) is 5.00. The normalized spacial score (nSPS) is 18.0. The van der Waals surface area contributed by atoms with Gasteiger partial charge in [0.05, 0.1) is 29.9 Å². The summed E-state index contributed by atoms with van der Waals surface area (Å²) in [6.07, 6.45) is -0.384. The molecule has 0 fully saturated rings. The molecule has 0 aliphatic carbocycles. The van der Waals surface area contributed by atoms with Gasteiger partial charge >= 0.3 is 0 Å². The van der Waals surface area contributed by atoms with E-state index in [0.717, 1.165) is 11.1 Å². The van der Waals surface area contributed by atoms with Crippen LogP contribution in [0.3, 0.4) is 0 Å². The van der Waals surface area contributed by atoms with Crippen LogP contribution in [0.4, 0.5) is 5.69 Å². The molecule has 1 aliphatic heterocycles. The predicted molar refractivity (Wildman–Crippen MR) is 115 cm³/mol. The molecule has 3 aromatic rings. The van der Waals surface area contributed by atoms with Crippen molar-refractivity contribution in [2.45, 2.75) is 39.3 Å². The number of hydrogen-bond donors (Lipinski definition) is 2. The Hall–Kier alpha value is -2.96. The highest BCUT2D eigenvalue weighted by Gasteiger charge is 2.51. The number of nitrogens with one attached hydrogen (secondary N) is 1. The molecule has 2 aromatic carbocycles. The fourth-order valence-corrected chi connectivity index (χ4v) is 4.18. The molecule has 1 amide bonds. The van der Waals surface area contributed by atoms with E-state index in [2.05, 4.69) is 10.2 Å². The Morgan fingerprint density at radius 1 is 1.17 bits per heavy atom. The summed E-state index contributed by atoms with van der Waals surface area (Å²) in [5.41, 5.74) is 2.50. The van der Waals surface area contributed by atoms with E-state index < -0.39 is 11.5 Å². The lowest BCUT2D eigenvalue weighted by atomic mass is 9.87. The van der Waals surface area contributed by atoms with E-state index in [1.54, 1.807) is 32.0 Å². The van der Waals surface area contributed by atoms with E-state index >= 15 is 0 Å². The van der Waals surface area contributed by atoms with Gasteiger partial charge in [-0.2, -0.15) is 5.10 Å². The van der Waals surface area contributed by atoms with E-state index in [9.17, 15) is 14.7 Å². The molecule has 2 heterocycles. The van der Waals surface area contributed by atoms with Crippen LogP contribution in [-0.2, 0) is 16.9 Å². The van der Waals surface area contributed by atoms with Crippen molar-refractivity contribution >= 4 is 29.0 Å². The SMILES string of the molecule is Cc1ccc(CN2C(=O)C(O)(CC(=O)c3c(C)n[nH]c3C)c3cc(Cl)ccc32)cc1. The second kappa shape index (κ2) is 7.38. The second-order valence-corrected chi connectivity index (χ2v) is 8.24. The average molecular weight is 424 g/mol. The first-order chi connectivity index (χ1) is 14.2. The first kappa shape index (κ1) is 20.3. The number of hydrogen-bond acceptors (Lipinski definition) is 4. The quantitative estimate of drug-likeness (QED) is 0.607.